The first-order valence-electron chi connectivity index (χ1n) is 5.99. The van der Waals surface area contributed by atoms with E-state index >= 15 is 0 Å². The lowest BCUT2D eigenvalue weighted by Crippen LogP contribution is -2.41. The van der Waals surface area contributed by atoms with Crippen molar-refractivity contribution in [2.45, 2.75) is 43.8 Å². The third-order valence-corrected chi connectivity index (χ3v) is 5.12. The zero-order valence-electron chi connectivity index (χ0n) is 8.74. The van der Waals surface area contributed by atoms with Crippen LogP contribution in [0.4, 0.5) is 0 Å². The smallest absolute Gasteiger partial charge is 0.0198 e. The molecule has 0 radical (unpaired) electrons. The maximum absolute atomic E-state index is 3.76. The molecule has 0 amide bonds. The molecule has 80 valence electrons. The van der Waals surface area contributed by atoms with Crippen molar-refractivity contribution >= 4 is 11.8 Å². The molecule has 0 aromatic heterocycles. The maximum Gasteiger partial charge on any atom is 0.0198 e. The summed E-state index contributed by atoms with van der Waals surface area (Å²) in [5.74, 6) is 2.78. The largest absolute Gasteiger partial charge is 0.310 e. The van der Waals surface area contributed by atoms with Gasteiger partial charge < -0.3 is 5.32 Å². The van der Waals surface area contributed by atoms with Crippen molar-refractivity contribution in [3.63, 3.8) is 0 Å². The molecular weight excluding hydrogens is 192 g/mol. The summed E-state index contributed by atoms with van der Waals surface area (Å²) in [7, 11) is 0. The second kappa shape index (κ2) is 4.03. The van der Waals surface area contributed by atoms with Crippen molar-refractivity contribution in [1.82, 2.24) is 10.2 Å². The number of fused-ring (bicyclic) bond motifs is 2. The summed E-state index contributed by atoms with van der Waals surface area (Å²) >= 11 is 2.14. The normalized spacial score (nSPS) is 44.1. The van der Waals surface area contributed by atoms with E-state index in [9.17, 15) is 0 Å². The van der Waals surface area contributed by atoms with Gasteiger partial charge in [0.05, 0.1) is 0 Å². The number of hydrogen-bond donors (Lipinski definition) is 1. The Hall–Kier alpha value is 0.270. The third-order valence-electron chi connectivity index (χ3n) is 3.98. The van der Waals surface area contributed by atoms with Gasteiger partial charge in [0.2, 0.25) is 0 Å². The van der Waals surface area contributed by atoms with Gasteiger partial charge in [0, 0.05) is 37.0 Å². The van der Waals surface area contributed by atoms with Gasteiger partial charge >= 0.3 is 0 Å². The minimum Gasteiger partial charge on any atom is -0.310 e. The average molecular weight is 212 g/mol. The standard InChI is InChI=1S/C11H20N2S/c1-2-10-7-13(5-3-9(1)12-10)11-4-6-14-8-11/h9-12H,1-8H2. The van der Waals surface area contributed by atoms with E-state index in [-0.39, 0.29) is 0 Å². The molecule has 0 aliphatic carbocycles. The molecule has 3 fully saturated rings. The molecule has 3 aliphatic rings. The third kappa shape index (κ3) is 1.82. The van der Waals surface area contributed by atoms with Crippen molar-refractivity contribution < 1.29 is 0 Å². The monoisotopic (exact) mass is 212 g/mol. The second-order valence-electron chi connectivity index (χ2n) is 4.94. The lowest BCUT2D eigenvalue weighted by molar-refractivity contribution is 0.202. The Kier molecular flexibility index (Phi) is 2.73. The van der Waals surface area contributed by atoms with Crippen LogP contribution in [0.25, 0.3) is 0 Å². The second-order valence-corrected chi connectivity index (χ2v) is 6.09. The van der Waals surface area contributed by atoms with Gasteiger partial charge in [-0.15, -0.1) is 0 Å². The predicted molar refractivity (Wildman–Crippen MR) is 61.9 cm³/mol. The van der Waals surface area contributed by atoms with Gasteiger partial charge in [-0.3, -0.25) is 4.90 Å². The first-order valence-corrected chi connectivity index (χ1v) is 7.15. The number of nitrogens with one attached hydrogen (secondary N) is 1. The van der Waals surface area contributed by atoms with Gasteiger partial charge in [0.25, 0.3) is 0 Å². The summed E-state index contributed by atoms with van der Waals surface area (Å²) in [5, 5.41) is 3.76. The van der Waals surface area contributed by atoms with Gasteiger partial charge in [-0.25, -0.2) is 0 Å². The van der Waals surface area contributed by atoms with Crippen LogP contribution >= 0.6 is 11.8 Å². The summed E-state index contributed by atoms with van der Waals surface area (Å²) in [6, 6.07) is 2.56. The highest BCUT2D eigenvalue weighted by Crippen LogP contribution is 2.27. The highest BCUT2D eigenvalue weighted by atomic mass is 32.2. The summed E-state index contributed by atoms with van der Waals surface area (Å²) in [5.41, 5.74) is 0. The van der Waals surface area contributed by atoms with E-state index in [1.54, 1.807) is 0 Å². The molecule has 3 saturated heterocycles. The molecule has 0 saturated carbocycles. The quantitative estimate of drug-likeness (QED) is 0.706. The van der Waals surface area contributed by atoms with Gasteiger partial charge in [0.15, 0.2) is 0 Å². The first kappa shape index (κ1) is 9.49. The van der Waals surface area contributed by atoms with E-state index < -0.39 is 0 Å². The fourth-order valence-electron chi connectivity index (χ4n) is 3.11. The first-order chi connectivity index (χ1) is 6.92. The van der Waals surface area contributed by atoms with E-state index in [0.717, 1.165) is 18.1 Å². The van der Waals surface area contributed by atoms with Crippen LogP contribution in [0.5, 0.6) is 0 Å². The van der Waals surface area contributed by atoms with Crippen molar-refractivity contribution in [3.05, 3.63) is 0 Å². The SMILES string of the molecule is C1CC(N2CCC3CCC(C2)N3)CS1. The summed E-state index contributed by atoms with van der Waals surface area (Å²) < 4.78 is 0. The predicted octanol–water partition coefficient (Wildman–Crippen LogP) is 1.32. The van der Waals surface area contributed by atoms with Crippen LogP contribution in [0, 0.1) is 0 Å². The molecule has 3 heterocycles. The molecule has 14 heavy (non-hydrogen) atoms. The summed E-state index contributed by atoms with van der Waals surface area (Å²) in [6.07, 6.45) is 5.67. The highest BCUT2D eigenvalue weighted by Gasteiger charge is 2.32. The lowest BCUT2D eigenvalue weighted by Gasteiger charge is -2.29. The minimum absolute atomic E-state index is 0.813. The van der Waals surface area contributed by atoms with Crippen LogP contribution in [0.15, 0.2) is 0 Å². The van der Waals surface area contributed by atoms with E-state index in [0.29, 0.717) is 0 Å². The van der Waals surface area contributed by atoms with E-state index in [1.165, 1.54) is 50.3 Å². The molecular formula is C11H20N2S. The van der Waals surface area contributed by atoms with Crippen LogP contribution in [0.2, 0.25) is 0 Å². The van der Waals surface area contributed by atoms with Crippen LogP contribution < -0.4 is 5.32 Å². The molecule has 2 nitrogen and oxygen atoms in total. The summed E-state index contributed by atoms with van der Waals surface area (Å²) in [4.78, 5) is 2.76. The van der Waals surface area contributed by atoms with E-state index in [2.05, 4.69) is 22.0 Å². The molecule has 3 unspecified atom stereocenters. The number of hydrogen-bond acceptors (Lipinski definition) is 3. The van der Waals surface area contributed by atoms with Crippen LogP contribution in [-0.4, -0.2) is 47.6 Å². The minimum atomic E-state index is 0.813. The molecule has 1 N–H and O–H groups in total. The average Bonchev–Trinajstić information content (AvgIpc) is 2.75. The Labute approximate surface area is 90.8 Å². The van der Waals surface area contributed by atoms with Crippen LogP contribution in [0.1, 0.15) is 25.7 Å². The highest BCUT2D eigenvalue weighted by molar-refractivity contribution is 7.99. The molecule has 0 spiro atoms. The topological polar surface area (TPSA) is 15.3 Å². The Morgan fingerprint density at radius 1 is 1.07 bits per heavy atom. The number of nitrogens with zero attached hydrogens (tertiary/aromatic N) is 1. The Morgan fingerprint density at radius 2 is 2.00 bits per heavy atom. The fourth-order valence-corrected chi connectivity index (χ4v) is 4.37. The molecule has 3 heteroatoms. The van der Waals surface area contributed by atoms with Crippen molar-refractivity contribution in [1.29, 1.82) is 0 Å². The molecule has 2 bridgehead atoms. The van der Waals surface area contributed by atoms with Crippen molar-refractivity contribution in [3.8, 4) is 0 Å². The zero-order valence-corrected chi connectivity index (χ0v) is 9.56. The number of likely N-dealkylation sites (tertiary alicyclic amines) is 1. The zero-order chi connectivity index (χ0) is 9.38. The molecule has 3 aliphatic heterocycles. The van der Waals surface area contributed by atoms with E-state index in [1.807, 2.05) is 0 Å². The number of thioether (sulfide) groups is 1. The van der Waals surface area contributed by atoms with Crippen LogP contribution in [0.3, 0.4) is 0 Å². The van der Waals surface area contributed by atoms with Gasteiger partial charge in [-0.2, -0.15) is 11.8 Å². The van der Waals surface area contributed by atoms with E-state index in [4.69, 9.17) is 0 Å². The van der Waals surface area contributed by atoms with Gasteiger partial charge in [0.1, 0.15) is 0 Å². The van der Waals surface area contributed by atoms with Crippen molar-refractivity contribution in [2.75, 3.05) is 24.6 Å². The molecule has 3 atom stereocenters. The maximum atomic E-state index is 3.76. The van der Waals surface area contributed by atoms with Crippen LogP contribution in [-0.2, 0) is 0 Å². The molecule has 0 aromatic carbocycles. The summed E-state index contributed by atoms with van der Waals surface area (Å²) in [6.45, 7) is 2.67. The van der Waals surface area contributed by atoms with Gasteiger partial charge in [-0.1, -0.05) is 0 Å². The Balaban J connectivity index is 1.63. The fraction of sp³-hybridized carbons (Fsp3) is 1.00. The Bertz CT molecular complexity index is 203. The number of rotatable bonds is 1. The van der Waals surface area contributed by atoms with Crippen molar-refractivity contribution in [2.24, 2.45) is 0 Å². The molecule has 0 aromatic rings. The Morgan fingerprint density at radius 3 is 2.86 bits per heavy atom. The lowest BCUT2D eigenvalue weighted by atomic mass is 10.1. The van der Waals surface area contributed by atoms with Gasteiger partial charge in [-0.05, 0) is 31.4 Å². The molecule has 3 rings (SSSR count).